The molecule has 35 heavy (non-hydrogen) atoms. The fourth-order valence-corrected chi connectivity index (χ4v) is 3.48. The molecule has 0 aliphatic rings. The standard InChI is InChI=1S/C27H21F2N3O3/c1-35-27(34)25-21(8-5-9-22(25)28)18-10-11-19(23(29)14-18)15-30-24-13-12-20(16-31-24)32-26(33)17-6-3-2-4-7-17/h2-14,16H,15H2,1H3,(H,30,31)(H,32,33). The molecule has 0 aliphatic carbocycles. The molecule has 6 nitrogen and oxygen atoms in total. The summed E-state index contributed by atoms with van der Waals surface area (Å²) < 4.78 is 33.7. The van der Waals surface area contributed by atoms with E-state index in [1.165, 1.54) is 24.4 Å². The van der Waals surface area contributed by atoms with Crippen molar-refractivity contribution in [3.63, 3.8) is 0 Å². The molecule has 0 atom stereocenters. The summed E-state index contributed by atoms with van der Waals surface area (Å²) in [5.41, 5.74) is 1.76. The Kier molecular flexibility index (Phi) is 7.11. The number of amides is 1. The highest BCUT2D eigenvalue weighted by Gasteiger charge is 2.19. The summed E-state index contributed by atoms with van der Waals surface area (Å²) in [4.78, 5) is 28.5. The maximum atomic E-state index is 14.8. The van der Waals surface area contributed by atoms with Crippen molar-refractivity contribution < 1.29 is 23.1 Å². The highest BCUT2D eigenvalue weighted by molar-refractivity contribution is 6.04. The number of methoxy groups -OCH3 is 1. The van der Waals surface area contributed by atoms with Crippen LogP contribution in [0.3, 0.4) is 0 Å². The maximum absolute atomic E-state index is 14.8. The number of aromatic nitrogens is 1. The molecular formula is C27H21F2N3O3. The van der Waals surface area contributed by atoms with Gasteiger partial charge in [-0.15, -0.1) is 0 Å². The molecule has 0 unspecified atom stereocenters. The lowest BCUT2D eigenvalue weighted by molar-refractivity contribution is 0.0596. The van der Waals surface area contributed by atoms with E-state index >= 15 is 0 Å². The maximum Gasteiger partial charge on any atom is 0.341 e. The highest BCUT2D eigenvalue weighted by Crippen LogP contribution is 2.28. The monoisotopic (exact) mass is 473 g/mol. The Labute approximate surface area is 200 Å². The Balaban J connectivity index is 1.43. The summed E-state index contributed by atoms with van der Waals surface area (Å²) >= 11 is 0. The van der Waals surface area contributed by atoms with Crippen LogP contribution in [0.25, 0.3) is 11.1 Å². The molecular weight excluding hydrogens is 452 g/mol. The van der Waals surface area contributed by atoms with E-state index < -0.39 is 17.6 Å². The number of hydrogen-bond acceptors (Lipinski definition) is 5. The zero-order valence-corrected chi connectivity index (χ0v) is 18.7. The van der Waals surface area contributed by atoms with Gasteiger partial charge in [0.1, 0.15) is 23.0 Å². The van der Waals surface area contributed by atoms with Gasteiger partial charge in [-0.05, 0) is 47.5 Å². The fraction of sp³-hybridized carbons (Fsp3) is 0.0741. The molecule has 4 rings (SSSR count). The number of pyridine rings is 1. The first-order valence-corrected chi connectivity index (χ1v) is 10.7. The number of benzene rings is 3. The molecule has 0 saturated heterocycles. The Bertz CT molecular complexity index is 1360. The van der Waals surface area contributed by atoms with Gasteiger partial charge in [0.2, 0.25) is 0 Å². The van der Waals surface area contributed by atoms with Crippen molar-refractivity contribution in [2.45, 2.75) is 6.54 Å². The van der Waals surface area contributed by atoms with Gasteiger partial charge in [0.25, 0.3) is 5.91 Å². The van der Waals surface area contributed by atoms with E-state index in [9.17, 15) is 18.4 Å². The number of esters is 1. The van der Waals surface area contributed by atoms with Gasteiger partial charge >= 0.3 is 5.97 Å². The van der Waals surface area contributed by atoms with Crippen LogP contribution in [0.2, 0.25) is 0 Å². The second kappa shape index (κ2) is 10.6. The molecule has 3 aromatic carbocycles. The molecule has 1 aromatic heterocycles. The molecule has 0 radical (unpaired) electrons. The summed E-state index contributed by atoms with van der Waals surface area (Å²) in [7, 11) is 1.16. The highest BCUT2D eigenvalue weighted by atomic mass is 19.1. The van der Waals surface area contributed by atoms with Gasteiger partial charge in [0.05, 0.1) is 19.0 Å². The van der Waals surface area contributed by atoms with Crippen molar-refractivity contribution in [2.75, 3.05) is 17.7 Å². The third-order valence-electron chi connectivity index (χ3n) is 5.28. The minimum Gasteiger partial charge on any atom is -0.465 e. The zero-order chi connectivity index (χ0) is 24.8. The average molecular weight is 473 g/mol. The number of ether oxygens (including phenoxy) is 1. The van der Waals surface area contributed by atoms with E-state index in [4.69, 9.17) is 0 Å². The molecule has 4 aromatic rings. The minimum atomic E-state index is -0.835. The normalized spacial score (nSPS) is 10.5. The second-order valence-corrected chi connectivity index (χ2v) is 7.57. The number of nitrogens with one attached hydrogen (secondary N) is 2. The van der Waals surface area contributed by atoms with Crippen molar-refractivity contribution in [2.24, 2.45) is 0 Å². The number of nitrogens with zero attached hydrogens (tertiary/aromatic N) is 1. The lowest BCUT2D eigenvalue weighted by atomic mass is 9.98. The minimum absolute atomic E-state index is 0.141. The van der Waals surface area contributed by atoms with Crippen LogP contribution >= 0.6 is 0 Å². The number of carbonyl (C=O) groups is 2. The van der Waals surface area contributed by atoms with E-state index in [0.717, 1.165) is 13.2 Å². The predicted octanol–water partition coefficient (Wildman–Crippen LogP) is 5.68. The summed E-state index contributed by atoms with van der Waals surface area (Å²) in [6, 6.07) is 20.7. The quantitative estimate of drug-likeness (QED) is 0.338. The van der Waals surface area contributed by atoms with Gasteiger partial charge in [-0.3, -0.25) is 4.79 Å². The first-order chi connectivity index (χ1) is 17.0. The first kappa shape index (κ1) is 23.6. The largest absolute Gasteiger partial charge is 0.465 e. The molecule has 176 valence electrons. The van der Waals surface area contributed by atoms with E-state index in [0.29, 0.717) is 28.2 Å². The Morgan fingerprint density at radius 2 is 1.71 bits per heavy atom. The Morgan fingerprint density at radius 3 is 2.40 bits per heavy atom. The molecule has 1 amide bonds. The Hall–Kier alpha value is -4.59. The average Bonchev–Trinajstić information content (AvgIpc) is 2.88. The van der Waals surface area contributed by atoms with Crippen molar-refractivity contribution in [3.8, 4) is 11.1 Å². The van der Waals surface area contributed by atoms with E-state index in [1.807, 2.05) is 6.07 Å². The molecule has 0 fully saturated rings. The molecule has 1 heterocycles. The number of hydrogen-bond donors (Lipinski definition) is 2. The second-order valence-electron chi connectivity index (χ2n) is 7.57. The Morgan fingerprint density at radius 1 is 0.914 bits per heavy atom. The van der Waals surface area contributed by atoms with Crippen molar-refractivity contribution in [1.82, 2.24) is 4.98 Å². The molecule has 8 heteroatoms. The van der Waals surface area contributed by atoms with E-state index in [1.54, 1.807) is 48.5 Å². The van der Waals surface area contributed by atoms with Gasteiger partial charge in [-0.2, -0.15) is 0 Å². The third-order valence-corrected chi connectivity index (χ3v) is 5.28. The number of carbonyl (C=O) groups excluding carboxylic acids is 2. The van der Waals surface area contributed by atoms with Crippen molar-refractivity contribution in [3.05, 3.63) is 113 Å². The van der Waals surface area contributed by atoms with Crippen LogP contribution in [0.5, 0.6) is 0 Å². The lowest BCUT2D eigenvalue weighted by Gasteiger charge is -2.12. The predicted molar refractivity (Wildman–Crippen MR) is 129 cm³/mol. The van der Waals surface area contributed by atoms with Crippen molar-refractivity contribution in [1.29, 1.82) is 0 Å². The zero-order valence-electron chi connectivity index (χ0n) is 18.7. The topological polar surface area (TPSA) is 80.3 Å². The fourth-order valence-electron chi connectivity index (χ4n) is 3.48. The molecule has 0 aliphatic heterocycles. The smallest absolute Gasteiger partial charge is 0.341 e. The van der Waals surface area contributed by atoms with Gasteiger partial charge in [0.15, 0.2) is 0 Å². The van der Waals surface area contributed by atoms with Crippen LogP contribution < -0.4 is 10.6 Å². The molecule has 0 bridgehead atoms. The van der Waals surface area contributed by atoms with Crippen molar-refractivity contribution >= 4 is 23.4 Å². The summed E-state index contributed by atoms with van der Waals surface area (Å²) in [6.45, 7) is 0.141. The SMILES string of the molecule is COC(=O)c1c(F)cccc1-c1ccc(CNc2ccc(NC(=O)c3ccccc3)cn2)c(F)c1. The van der Waals surface area contributed by atoms with Crippen LogP contribution in [0, 0.1) is 11.6 Å². The summed E-state index contributed by atoms with van der Waals surface area (Å²) in [5.74, 6) is -1.86. The van der Waals surface area contributed by atoms with Crippen LogP contribution in [-0.2, 0) is 11.3 Å². The summed E-state index contributed by atoms with van der Waals surface area (Å²) in [5, 5.41) is 5.79. The third kappa shape index (κ3) is 5.50. The lowest BCUT2D eigenvalue weighted by Crippen LogP contribution is -2.12. The molecule has 0 spiro atoms. The molecule has 0 saturated carbocycles. The van der Waals surface area contributed by atoms with Gasteiger partial charge < -0.3 is 15.4 Å². The van der Waals surface area contributed by atoms with Gasteiger partial charge in [-0.25, -0.2) is 18.6 Å². The van der Waals surface area contributed by atoms with Crippen LogP contribution in [-0.4, -0.2) is 24.0 Å². The van der Waals surface area contributed by atoms with E-state index in [-0.39, 0.29) is 23.6 Å². The number of rotatable bonds is 7. The van der Waals surface area contributed by atoms with Gasteiger partial charge in [0, 0.05) is 17.7 Å². The van der Waals surface area contributed by atoms with Crippen LogP contribution in [0.1, 0.15) is 26.3 Å². The van der Waals surface area contributed by atoms with E-state index in [2.05, 4.69) is 20.4 Å². The van der Waals surface area contributed by atoms with Crippen LogP contribution in [0.15, 0.2) is 85.1 Å². The first-order valence-electron chi connectivity index (χ1n) is 10.7. The van der Waals surface area contributed by atoms with Gasteiger partial charge in [-0.1, -0.05) is 42.5 Å². The summed E-state index contributed by atoms with van der Waals surface area (Å²) in [6.07, 6.45) is 1.50. The molecule has 2 N–H and O–H groups in total. The number of halogens is 2. The van der Waals surface area contributed by atoms with Crippen LogP contribution in [0.4, 0.5) is 20.3 Å². The number of anilines is 2.